The van der Waals surface area contributed by atoms with E-state index in [2.05, 4.69) is 41.4 Å². The Morgan fingerprint density at radius 1 is 1.25 bits per heavy atom. The van der Waals surface area contributed by atoms with Crippen molar-refractivity contribution in [1.82, 2.24) is 10.2 Å². The van der Waals surface area contributed by atoms with Crippen LogP contribution in [0.15, 0.2) is 36.4 Å². The summed E-state index contributed by atoms with van der Waals surface area (Å²) in [6, 6.07) is 12.5. The van der Waals surface area contributed by atoms with Crippen molar-refractivity contribution in [3.63, 3.8) is 0 Å². The van der Waals surface area contributed by atoms with Crippen LogP contribution in [0, 0.1) is 13.8 Å². The van der Waals surface area contributed by atoms with Gasteiger partial charge in [0.15, 0.2) is 0 Å². The summed E-state index contributed by atoms with van der Waals surface area (Å²) in [6.45, 7) is 8.00. The van der Waals surface area contributed by atoms with Crippen LogP contribution in [-0.2, 0) is 4.74 Å². The van der Waals surface area contributed by atoms with E-state index in [1.54, 1.807) is 11.3 Å². The van der Waals surface area contributed by atoms with Crippen LogP contribution in [-0.4, -0.2) is 43.7 Å². The first-order chi connectivity index (χ1) is 11.6. The van der Waals surface area contributed by atoms with Crippen LogP contribution >= 0.6 is 11.3 Å². The van der Waals surface area contributed by atoms with Gasteiger partial charge in [-0.3, -0.25) is 9.69 Å². The molecule has 1 aromatic carbocycles. The average Bonchev–Trinajstić information content (AvgIpc) is 2.96. The minimum absolute atomic E-state index is 0.0189. The molecule has 0 aliphatic carbocycles. The number of aryl methyl sites for hydroxylation is 2. The third-order valence-corrected chi connectivity index (χ3v) is 5.67. The fourth-order valence-corrected chi connectivity index (χ4v) is 3.93. The zero-order chi connectivity index (χ0) is 16.9. The molecule has 1 fully saturated rings. The van der Waals surface area contributed by atoms with Crippen LogP contribution in [0.25, 0.3) is 0 Å². The molecule has 1 aliphatic heterocycles. The molecule has 3 rings (SSSR count). The lowest BCUT2D eigenvalue weighted by Gasteiger charge is -2.34. The van der Waals surface area contributed by atoms with E-state index in [0.29, 0.717) is 6.54 Å². The van der Waals surface area contributed by atoms with Gasteiger partial charge in [0.05, 0.1) is 24.1 Å². The molecule has 2 aromatic rings. The van der Waals surface area contributed by atoms with E-state index >= 15 is 0 Å². The molecule has 1 atom stereocenters. The van der Waals surface area contributed by atoms with Crippen molar-refractivity contribution in [3.8, 4) is 0 Å². The topological polar surface area (TPSA) is 41.6 Å². The van der Waals surface area contributed by atoms with E-state index in [9.17, 15) is 4.79 Å². The Labute approximate surface area is 147 Å². The molecule has 0 saturated carbocycles. The highest BCUT2D eigenvalue weighted by atomic mass is 32.1. The summed E-state index contributed by atoms with van der Waals surface area (Å²) in [5.41, 5.74) is 2.41. The second kappa shape index (κ2) is 7.92. The summed E-state index contributed by atoms with van der Waals surface area (Å²) >= 11 is 1.56. The second-order valence-corrected chi connectivity index (χ2v) is 7.39. The molecule has 128 valence electrons. The fourth-order valence-electron chi connectivity index (χ4n) is 2.98. The summed E-state index contributed by atoms with van der Waals surface area (Å²) in [4.78, 5) is 16.9. The Hall–Kier alpha value is -1.69. The average molecular weight is 344 g/mol. The third kappa shape index (κ3) is 4.04. The van der Waals surface area contributed by atoms with Crippen LogP contribution in [0.3, 0.4) is 0 Å². The maximum atomic E-state index is 12.5. The molecule has 5 heteroatoms. The molecule has 4 nitrogen and oxygen atoms in total. The lowest BCUT2D eigenvalue weighted by atomic mass is 10.0. The number of carbonyl (C=O) groups excluding carboxylic acids is 1. The standard InChI is InChI=1S/C19H24N2O2S/c1-14-12-18(24-15(14)2)19(22)20-13-17(16-6-4-3-5-7-16)21-8-10-23-11-9-21/h3-7,12,17H,8-11,13H2,1-2H3,(H,20,22). The first-order valence-corrected chi connectivity index (χ1v) is 9.19. The normalized spacial score (nSPS) is 16.8. The molecule has 1 unspecified atom stereocenters. The number of ether oxygens (including phenoxy) is 1. The van der Waals surface area contributed by atoms with Crippen molar-refractivity contribution in [2.24, 2.45) is 0 Å². The molecule has 1 aliphatic rings. The predicted octanol–water partition coefficient (Wildman–Crippen LogP) is 3.17. The molecule has 1 amide bonds. The molecular weight excluding hydrogens is 320 g/mol. The lowest BCUT2D eigenvalue weighted by molar-refractivity contribution is 0.0162. The summed E-state index contributed by atoms with van der Waals surface area (Å²) in [7, 11) is 0. The van der Waals surface area contributed by atoms with E-state index in [1.807, 2.05) is 19.1 Å². The van der Waals surface area contributed by atoms with Crippen LogP contribution in [0.4, 0.5) is 0 Å². The summed E-state index contributed by atoms with van der Waals surface area (Å²) in [5.74, 6) is 0.0189. The Bertz CT molecular complexity index is 658. The van der Waals surface area contributed by atoms with E-state index < -0.39 is 0 Å². The number of thiophene rings is 1. The van der Waals surface area contributed by atoms with Crippen LogP contribution in [0.5, 0.6) is 0 Å². The number of amides is 1. The van der Waals surface area contributed by atoms with Gasteiger partial charge >= 0.3 is 0 Å². The zero-order valence-electron chi connectivity index (χ0n) is 14.2. The largest absolute Gasteiger partial charge is 0.379 e. The first kappa shape index (κ1) is 17.1. The number of benzene rings is 1. The van der Waals surface area contributed by atoms with E-state index in [0.717, 1.165) is 31.2 Å². The van der Waals surface area contributed by atoms with Gasteiger partial charge in [-0.25, -0.2) is 0 Å². The van der Waals surface area contributed by atoms with Gasteiger partial charge in [-0.05, 0) is 31.0 Å². The number of hydrogen-bond donors (Lipinski definition) is 1. The highest BCUT2D eigenvalue weighted by molar-refractivity contribution is 7.14. The molecular formula is C19H24N2O2S. The second-order valence-electron chi connectivity index (χ2n) is 6.13. The third-order valence-electron chi connectivity index (χ3n) is 4.52. The van der Waals surface area contributed by atoms with Gasteiger partial charge in [0.1, 0.15) is 0 Å². The van der Waals surface area contributed by atoms with Crippen LogP contribution < -0.4 is 5.32 Å². The van der Waals surface area contributed by atoms with Crippen molar-refractivity contribution in [2.45, 2.75) is 19.9 Å². The van der Waals surface area contributed by atoms with Gasteiger partial charge in [-0.15, -0.1) is 11.3 Å². The van der Waals surface area contributed by atoms with Crippen molar-refractivity contribution in [3.05, 3.63) is 57.3 Å². The minimum atomic E-state index is 0.0189. The molecule has 1 aromatic heterocycles. The molecule has 0 spiro atoms. The number of nitrogens with one attached hydrogen (secondary N) is 1. The molecule has 1 N–H and O–H groups in total. The molecule has 0 radical (unpaired) electrons. The van der Waals surface area contributed by atoms with Gasteiger partial charge in [0.25, 0.3) is 5.91 Å². The Balaban J connectivity index is 1.70. The molecule has 24 heavy (non-hydrogen) atoms. The van der Waals surface area contributed by atoms with Gasteiger partial charge in [0, 0.05) is 24.5 Å². The number of carbonyl (C=O) groups is 1. The maximum absolute atomic E-state index is 12.5. The monoisotopic (exact) mass is 344 g/mol. The summed E-state index contributed by atoms with van der Waals surface area (Å²) in [5, 5.41) is 3.12. The van der Waals surface area contributed by atoms with Crippen molar-refractivity contribution in [2.75, 3.05) is 32.8 Å². The SMILES string of the molecule is Cc1cc(C(=O)NCC(c2ccccc2)N2CCOCC2)sc1C. The van der Waals surface area contributed by atoms with E-state index in [-0.39, 0.29) is 11.9 Å². The Morgan fingerprint density at radius 3 is 2.58 bits per heavy atom. The fraction of sp³-hybridized carbons (Fsp3) is 0.421. The lowest BCUT2D eigenvalue weighted by Crippen LogP contribution is -2.43. The van der Waals surface area contributed by atoms with Crippen molar-refractivity contribution < 1.29 is 9.53 Å². The molecule has 0 bridgehead atoms. The van der Waals surface area contributed by atoms with Crippen LogP contribution in [0.1, 0.15) is 31.7 Å². The van der Waals surface area contributed by atoms with E-state index in [1.165, 1.54) is 16.0 Å². The predicted molar refractivity (Wildman–Crippen MR) is 97.7 cm³/mol. The quantitative estimate of drug-likeness (QED) is 0.906. The van der Waals surface area contributed by atoms with E-state index in [4.69, 9.17) is 4.74 Å². The molecule has 1 saturated heterocycles. The minimum Gasteiger partial charge on any atom is -0.379 e. The first-order valence-electron chi connectivity index (χ1n) is 8.37. The smallest absolute Gasteiger partial charge is 0.261 e. The molecule has 2 heterocycles. The van der Waals surface area contributed by atoms with Gasteiger partial charge in [0.2, 0.25) is 0 Å². The summed E-state index contributed by atoms with van der Waals surface area (Å²) < 4.78 is 5.47. The number of rotatable bonds is 5. The van der Waals surface area contributed by atoms with Crippen molar-refractivity contribution in [1.29, 1.82) is 0 Å². The number of hydrogen-bond acceptors (Lipinski definition) is 4. The highest BCUT2D eigenvalue weighted by Gasteiger charge is 2.23. The highest BCUT2D eigenvalue weighted by Crippen LogP contribution is 2.23. The summed E-state index contributed by atoms with van der Waals surface area (Å²) in [6.07, 6.45) is 0. The van der Waals surface area contributed by atoms with Gasteiger partial charge in [-0.2, -0.15) is 0 Å². The van der Waals surface area contributed by atoms with Crippen LogP contribution in [0.2, 0.25) is 0 Å². The van der Waals surface area contributed by atoms with Gasteiger partial charge in [-0.1, -0.05) is 30.3 Å². The van der Waals surface area contributed by atoms with Crippen molar-refractivity contribution >= 4 is 17.2 Å². The Kier molecular flexibility index (Phi) is 5.66. The maximum Gasteiger partial charge on any atom is 0.261 e. The Morgan fingerprint density at radius 2 is 1.96 bits per heavy atom. The van der Waals surface area contributed by atoms with Gasteiger partial charge < -0.3 is 10.1 Å². The number of morpholine rings is 1. The zero-order valence-corrected chi connectivity index (χ0v) is 15.1. The number of nitrogens with zero attached hydrogens (tertiary/aromatic N) is 1.